The maximum absolute atomic E-state index is 14.6. The zero-order valence-electron chi connectivity index (χ0n) is 19.5. The number of hydrogen-bond donors (Lipinski definition) is 0. The third kappa shape index (κ3) is 5.86. The summed E-state index contributed by atoms with van der Waals surface area (Å²) in [5, 5.41) is 1.79. The van der Waals surface area contributed by atoms with Crippen LogP contribution in [0.3, 0.4) is 0 Å². The van der Waals surface area contributed by atoms with Gasteiger partial charge in [-0.1, -0.05) is 93.1 Å². The van der Waals surface area contributed by atoms with Crippen molar-refractivity contribution < 1.29 is 13.4 Å². The largest absolute Gasteiger partial charge is 0.414 e. The number of hydrogen-bond acceptors (Lipinski definition) is 2. The van der Waals surface area contributed by atoms with Crippen LogP contribution in [-0.4, -0.2) is 26.8 Å². The number of alkyl halides is 1. The van der Waals surface area contributed by atoms with Crippen molar-refractivity contribution in [3.8, 4) is 0 Å². The first-order chi connectivity index (χ1) is 14.5. The fourth-order valence-corrected chi connectivity index (χ4v) is 7.83. The second-order valence-corrected chi connectivity index (χ2v) is 17.8. The van der Waals surface area contributed by atoms with Crippen LogP contribution >= 0.6 is 7.14 Å². The smallest absolute Gasteiger partial charge is 0.192 e. The van der Waals surface area contributed by atoms with Crippen molar-refractivity contribution in [2.45, 2.75) is 70.4 Å². The Morgan fingerprint density at radius 2 is 1.52 bits per heavy atom. The summed E-state index contributed by atoms with van der Waals surface area (Å²) < 4.78 is 35.4. The summed E-state index contributed by atoms with van der Waals surface area (Å²) in [6.45, 7) is 11.1. The maximum atomic E-state index is 14.6. The van der Waals surface area contributed by atoms with Gasteiger partial charge in [0.05, 0.1) is 6.10 Å². The Bertz CT molecular complexity index is 891. The van der Waals surface area contributed by atoms with E-state index in [-0.39, 0.29) is 11.1 Å². The van der Waals surface area contributed by atoms with Crippen molar-refractivity contribution in [1.29, 1.82) is 0 Å². The van der Waals surface area contributed by atoms with E-state index < -0.39 is 21.6 Å². The second-order valence-electron chi connectivity index (χ2n) is 10.2. The van der Waals surface area contributed by atoms with Crippen LogP contribution in [0.15, 0.2) is 72.3 Å². The highest BCUT2D eigenvalue weighted by Gasteiger charge is 2.40. The second kappa shape index (κ2) is 9.56. The molecule has 0 amide bonds. The summed E-state index contributed by atoms with van der Waals surface area (Å²) in [6, 6.07) is 19.4. The van der Waals surface area contributed by atoms with Crippen molar-refractivity contribution in [2.75, 3.05) is 6.16 Å². The van der Waals surface area contributed by atoms with E-state index in [1.807, 2.05) is 66.7 Å². The lowest BCUT2D eigenvalue weighted by molar-refractivity contribution is 0.113. The van der Waals surface area contributed by atoms with E-state index in [9.17, 15) is 8.96 Å². The highest BCUT2D eigenvalue weighted by Crippen LogP contribution is 2.45. The van der Waals surface area contributed by atoms with Crippen LogP contribution < -0.4 is 10.6 Å². The van der Waals surface area contributed by atoms with Crippen LogP contribution in [0.25, 0.3) is 0 Å². The summed E-state index contributed by atoms with van der Waals surface area (Å²) in [5.41, 5.74) is 1.04. The van der Waals surface area contributed by atoms with Crippen molar-refractivity contribution in [2.24, 2.45) is 0 Å². The Morgan fingerprint density at radius 3 is 2.00 bits per heavy atom. The Balaban J connectivity index is 1.84. The molecule has 1 fully saturated rings. The van der Waals surface area contributed by atoms with Gasteiger partial charge in [-0.2, -0.15) is 0 Å². The van der Waals surface area contributed by atoms with E-state index in [0.717, 1.165) is 22.6 Å². The average Bonchev–Trinajstić information content (AvgIpc) is 2.72. The van der Waals surface area contributed by atoms with Gasteiger partial charge in [-0.15, -0.1) is 0 Å². The predicted molar refractivity (Wildman–Crippen MR) is 134 cm³/mol. The molecular weight excluding hydrogens is 422 g/mol. The normalized spacial score (nSPS) is 21.9. The Morgan fingerprint density at radius 1 is 1.00 bits per heavy atom. The van der Waals surface area contributed by atoms with E-state index >= 15 is 0 Å². The molecule has 0 bridgehead atoms. The minimum Gasteiger partial charge on any atom is -0.414 e. The molecule has 0 N–H and O–H groups in total. The number of rotatable bonds is 6. The lowest BCUT2D eigenvalue weighted by Crippen LogP contribution is -2.45. The zero-order chi connectivity index (χ0) is 22.7. The van der Waals surface area contributed by atoms with Crippen molar-refractivity contribution >= 4 is 26.1 Å². The third-order valence-electron chi connectivity index (χ3n) is 6.74. The Labute approximate surface area is 188 Å². The molecule has 0 saturated heterocycles. The van der Waals surface area contributed by atoms with Crippen LogP contribution in [-0.2, 0) is 8.99 Å². The molecule has 1 aliphatic rings. The van der Waals surface area contributed by atoms with Gasteiger partial charge in [0.2, 0.25) is 0 Å². The average molecular weight is 459 g/mol. The monoisotopic (exact) mass is 458 g/mol. The molecule has 5 heteroatoms. The lowest BCUT2D eigenvalue weighted by Gasteiger charge is -2.41. The quantitative estimate of drug-likeness (QED) is 0.269. The lowest BCUT2D eigenvalue weighted by atomic mass is 9.91. The standard InChI is InChI=1S/C26H36FO2PSi/c1-26(2,3)31(4,5)29-23-19-21(18-22(27)20-23)16-17-30(28,24-12-8-6-9-13-24)25-14-10-7-11-15-25/h6-16,22-23H,17-20H2,1-5H3. The molecule has 3 rings (SSSR count). The van der Waals surface area contributed by atoms with E-state index in [0.29, 0.717) is 19.0 Å². The molecule has 1 aliphatic carbocycles. The zero-order valence-corrected chi connectivity index (χ0v) is 21.4. The minimum absolute atomic E-state index is 0.0937. The third-order valence-corrected chi connectivity index (χ3v) is 14.2. The van der Waals surface area contributed by atoms with E-state index in [4.69, 9.17) is 4.43 Å². The molecule has 2 aromatic rings. The van der Waals surface area contributed by atoms with E-state index in [1.54, 1.807) is 0 Å². The molecular formula is C26H36FO2PSi. The van der Waals surface area contributed by atoms with Gasteiger partial charge in [0.1, 0.15) is 13.3 Å². The van der Waals surface area contributed by atoms with Gasteiger partial charge < -0.3 is 8.99 Å². The van der Waals surface area contributed by atoms with E-state index in [2.05, 4.69) is 33.9 Å². The minimum atomic E-state index is -2.83. The highest BCUT2D eigenvalue weighted by molar-refractivity contribution is 7.78. The van der Waals surface area contributed by atoms with Crippen molar-refractivity contribution in [3.05, 3.63) is 72.3 Å². The van der Waals surface area contributed by atoms with Gasteiger partial charge in [0.15, 0.2) is 8.32 Å². The van der Waals surface area contributed by atoms with Gasteiger partial charge >= 0.3 is 0 Å². The first-order valence-corrected chi connectivity index (χ1v) is 16.0. The molecule has 0 heterocycles. The summed E-state index contributed by atoms with van der Waals surface area (Å²) in [4.78, 5) is 0. The topological polar surface area (TPSA) is 26.3 Å². The van der Waals surface area contributed by atoms with Gasteiger partial charge in [0, 0.05) is 23.2 Å². The summed E-state index contributed by atoms with van der Waals surface area (Å²) in [5.74, 6) is 0. The van der Waals surface area contributed by atoms with Crippen LogP contribution in [0.4, 0.5) is 4.39 Å². The fraction of sp³-hybridized carbons (Fsp3) is 0.462. The number of benzene rings is 2. The highest BCUT2D eigenvalue weighted by atomic mass is 31.2. The molecule has 2 aromatic carbocycles. The van der Waals surface area contributed by atoms with Crippen molar-refractivity contribution in [3.63, 3.8) is 0 Å². The van der Waals surface area contributed by atoms with Crippen LogP contribution in [0, 0.1) is 0 Å². The summed E-state index contributed by atoms with van der Waals surface area (Å²) in [7, 11) is -4.79. The van der Waals surface area contributed by atoms with Gasteiger partial charge in [-0.25, -0.2) is 4.39 Å². The molecule has 2 atom stereocenters. The van der Waals surface area contributed by atoms with Gasteiger partial charge in [-0.3, -0.25) is 0 Å². The molecule has 0 aromatic heterocycles. The molecule has 31 heavy (non-hydrogen) atoms. The Kier molecular flexibility index (Phi) is 7.45. The van der Waals surface area contributed by atoms with Crippen LogP contribution in [0.5, 0.6) is 0 Å². The fourth-order valence-electron chi connectivity index (χ4n) is 3.92. The Hall–Kier alpha value is -1.48. The molecule has 0 aliphatic heterocycles. The molecule has 168 valence electrons. The molecule has 0 radical (unpaired) electrons. The van der Waals surface area contributed by atoms with Gasteiger partial charge in [-0.05, 0) is 31.0 Å². The predicted octanol–water partition coefficient (Wildman–Crippen LogP) is 6.84. The summed E-state index contributed by atoms with van der Waals surface area (Å²) >= 11 is 0. The molecule has 1 saturated carbocycles. The van der Waals surface area contributed by atoms with Crippen LogP contribution in [0.2, 0.25) is 18.1 Å². The number of allylic oxidation sites excluding steroid dienone is 1. The van der Waals surface area contributed by atoms with E-state index in [1.165, 1.54) is 0 Å². The maximum Gasteiger partial charge on any atom is 0.192 e. The first-order valence-electron chi connectivity index (χ1n) is 11.2. The molecule has 2 unspecified atom stereocenters. The number of halogens is 1. The molecule has 0 spiro atoms. The van der Waals surface area contributed by atoms with Gasteiger partial charge in [0.25, 0.3) is 0 Å². The summed E-state index contributed by atoms with van der Waals surface area (Å²) in [6.07, 6.45) is 3.06. The SMILES string of the molecule is CC(C)(C)[Si](C)(C)OC1CC(=CCP(=O)(c2ccccc2)c2ccccc2)CC(F)C1. The van der Waals surface area contributed by atoms with Crippen LogP contribution in [0.1, 0.15) is 40.0 Å². The first kappa shape index (κ1) is 24.2. The molecule has 2 nitrogen and oxygen atoms in total. The van der Waals surface area contributed by atoms with Crippen molar-refractivity contribution in [1.82, 2.24) is 0 Å².